The molecule has 0 radical (unpaired) electrons. The molecule has 0 bridgehead atoms. The zero-order chi connectivity index (χ0) is 14.3. The van der Waals surface area contributed by atoms with Crippen LogP contribution in [-0.4, -0.2) is 12.4 Å². The van der Waals surface area contributed by atoms with Gasteiger partial charge in [0.05, 0.1) is 14.0 Å². The summed E-state index contributed by atoms with van der Waals surface area (Å²) in [6.45, 7) is 0. The van der Waals surface area contributed by atoms with Crippen LogP contribution >= 0.6 is 45.2 Å². The molecule has 0 atom stereocenters. The van der Waals surface area contributed by atoms with Gasteiger partial charge in [-0.2, -0.15) is 0 Å². The van der Waals surface area contributed by atoms with Gasteiger partial charge < -0.3 is 0 Å². The molecule has 1 heterocycles. The van der Waals surface area contributed by atoms with Crippen molar-refractivity contribution in [3.05, 3.63) is 61.9 Å². The molecule has 0 N–H and O–H groups in total. The highest BCUT2D eigenvalue weighted by Gasteiger charge is 2.24. The van der Waals surface area contributed by atoms with E-state index in [-0.39, 0.29) is 0 Å². The first-order valence-electron chi connectivity index (χ1n) is 5.78. The molecule has 0 saturated heterocycles. The molecule has 0 aliphatic rings. The van der Waals surface area contributed by atoms with E-state index in [0.29, 0.717) is 14.1 Å². The molecule has 0 fully saturated rings. The maximum absolute atomic E-state index is 12.8. The zero-order valence-corrected chi connectivity index (χ0v) is 15.3. The Morgan fingerprint density at radius 1 is 0.850 bits per heavy atom. The summed E-state index contributed by atoms with van der Waals surface area (Å²) < 4.78 is 28.8. The Hall–Kier alpha value is -0.610. The first kappa shape index (κ1) is 14.3. The summed E-state index contributed by atoms with van der Waals surface area (Å²) >= 11 is 4.28. The van der Waals surface area contributed by atoms with Crippen molar-refractivity contribution in [3.8, 4) is 0 Å². The smallest absolute Gasteiger partial charge is 0.227 e. The van der Waals surface area contributed by atoms with Crippen LogP contribution in [0.25, 0.3) is 10.9 Å². The number of hydrogen-bond donors (Lipinski definition) is 0. The molecule has 1 aromatic heterocycles. The quantitative estimate of drug-likeness (QED) is 0.489. The Bertz CT molecular complexity index is 886. The SMILES string of the molecule is O=S(=O)(c1ccccc1)n1c(I)c(I)c2ccccc21. The topological polar surface area (TPSA) is 39.1 Å². The average molecular weight is 509 g/mol. The van der Waals surface area contributed by atoms with Crippen molar-refractivity contribution in [2.75, 3.05) is 0 Å². The average Bonchev–Trinajstić information content (AvgIpc) is 2.73. The van der Waals surface area contributed by atoms with Crippen molar-refractivity contribution in [2.24, 2.45) is 0 Å². The molecule has 20 heavy (non-hydrogen) atoms. The Labute approximate surface area is 144 Å². The Morgan fingerprint density at radius 2 is 1.45 bits per heavy atom. The van der Waals surface area contributed by atoms with Crippen LogP contribution in [0.3, 0.4) is 0 Å². The number of nitrogens with zero attached hydrogens (tertiary/aromatic N) is 1. The summed E-state index contributed by atoms with van der Waals surface area (Å²) in [7, 11) is -3.57. The van der Waals surface area contributed by atoms with Gasteiger partial charge in [-0.3, -0.25) is 0 Å². The molecule has 3 nitrogen and oxygen atoms in total. The minimum Gasteiger partial charge on any atom is -0.227 e. The van der Waals surface area contributed by atoms with Crippen LogP contribution in [0, 0.1) is 7.27 Å². The van der Waals surface area contributed by atoms with Crippen molar-refractivity contribution >= 4 is 66.1 Å². The molecule has 6 heteroatoms. The molecule has 0 aliphatic heterocycles. The Morgan fingerprint density at radius 3 is 2.15 bits per heavy atom. The fraction of sp³-hybridized carbons (Fsp3) is 0. The molecule has 0 spiro atoms. The van der Waals surface area contributed by atoms with E-state index in [2.05, 4.69) is 45.2 Å². The van der Waals surface area contributed by atoms with Crippen LogP contribution in [-0.2, 0) is 10.0 Å². The molecule has 0 aliphatic carbocycles. The third-order valence-electron chi connectivity index (χ3n) is 3.00. The fourth-order valence-corrected chi connectivity index (χ4v) is 5.70. The number of rotatable bonds is 2. The number of aromatic nitrogens is 1. The minimum absolute atomic E-state index is 0.301. The molecule has 0 amide bonds. The maximum atomic E-state index is 12.8. The first-order valence-corrected chi connectivity index (χ1v) is 9.38. The second-order valence-electron chi connectivity index (χ2n) is 4.20. The van der Waals surface area contributed by atoms with Gasteiger partial charge in [-0.25, -0.2) is 12.4 Å². The lowest BCUT2D eigenvalue weighted by molar-refractivity contribution is 0.588. The van der Waals surface area contributed by atoms with Crippen molar-refractivity contribution < 1.29 is 8.42 Å². The summed E-state index contributed by atoms with van der Waals surface area (Å²) in [6.07, 6.45) is 0. The predicted octanol–water partition coefficient (Wildman–Crippen LogP) is 4.09. The number of para-hydroxylation sites is 1. The van der Waals surface area contributed by atoms with E-state index in [1.807, 2.05) is 30.3 Å². The van der Waals surface area contributed by atoms with Crippen LogP contribution in [0.15, 0.2) is 59.5 Å². The molecule has 3 rings (SSSR count). The summed E-state index contributed by atoms with van der Waals surface area (Å²) in [5.74, 6) is 0. The third kappa shape index (κ3) is 2.17. The van der Waals surface area contributed by atoms with Gasteiger partial charge in [0.2, 0.25) is 0 Å². The van der Waals surface area contributed by atoms with Crippen LogP contribution in [0.5, 0.6) is 0 Å². The number of halogens is 2. The molecule has 2 aromatic carbocycles. The normalized spacial score (nSPS) is 11.9. The highest BCUT2D eigenvalue weighted by atomic mass is 127. The van der Waals surface area contributed by atoms with Gasteiger partial charge in [-0.1, -0.05) is 36.4 Å². The van der Waals surface area contributed by atoms with Crippen LogP contribution < -0.4 is 0 Å². The highest BCUT2D eigenvalue weighted by molar-refractivity contribution is 14.1. The standard InChI is InChI=1S/C14H9I2NO2S/c15-13-11-8-4-5-9-12(11)17(14(13)16)20(18,19)10-6-2-1-3-7-10/h1-9H. The lowest BCUT2D eigenvalue weighted by Gasteiger charge is -2.08. The largest absolute Gasteiger partial charge is 0.269 e. The second-order valence-corrected chi connectivity index (χ2v) is 8.09. The van der Waals surface area contributed by atoms with Crippen molar-refractivity contribution in [3.63, 3.8) is 0 Å². The predicted molar refractivity (Wildman–Crippen MR) is 96.4 cm³/mol. The van der Waals surface area contributed by atoms with Crippen molar-refractivity contribution in [2.45, 2.75) is 4.90 Å². The first-order chi connectivity index (χ1) is 9.53. The molecule has 3 aromatic rings. The maximum Gasteiger partial charge on any atom is 0.269 e. The van der Waals surface area contributed by atoms with Gasteiger partial charge in [0.1, 0.15) is 3.70 Å². The number of hydrogen-bond acceptors (Lipinski definition) is 2. The van der Waals surface area contributed by atoms with E-state index >= 15 is 0 Å². The fourth-order valence-electron chi connectivity index (χ4n) is 2.08. The van der Waals surface area contributed by atoms with E-state index in [1.165, 1.54) is 3.97 Å². The van der Waals surface area contributed by atoms with E-state index in [9.17, 15) is 8.42 Å². The van der Waals surface area contributed by atoms with Gasteiger partial charge in [0.15, 0.2) is 0 Å². The van der Waals surface area contributed by atoms with E-state index in [4.69, 9.17) is 0 Å². The lowest BCUT2D eigenvalue weighted by atomic mass is 10.3. The summed E-state index contributed by atoms with van der Waals surface area (Å²) in [6, 6.07) is 16.1. The Balaban J connectivity index is 2.39. The van der Waals surface area contributed by atoms with Gasteiger partial charge in [0.25, 0.3) is 10.0 Å². The van der Waals surface area contributed by atoms with Gasteiger partial charge >= 0.3 is 0 Å². The van der Waals surface area contributed by atoms with E-state index in [0.717, 1.165) is 8.96 Å². The van der Waals surface area contributed by atoms with Crippen LogP contribution in [0.2, 0.25) is 0 Å². The molecular formula is C14H9I2NO2S. The second kappa shape index (κ2) is 5.30. The van der Waals surface area contributed by atoms with E-state index < -0.39 is 10.0 Å². The minimum atomic E-state index is -3.57. The number of fused-ring (bicyclic) bond motifs is 1. The Kier molecular flexibility index (Phi) is 3.80. The molecule has 0 unspecified atom stereocenters. The molecule has 102 valence electrons. The monoisotopic (exact) mass is 509 g/mol. The van der Waals surface area contributed by atoms with Gasteiger partial charge in [0, 0.05) is 5.39 Å². The summed E-state index contributed by atoms with van der Waals surface area (Å²) in [5, 5.41) is 0.956. The summed E-state index contributed by atoms with van der Waals surface area (Å²) in [4.78, 5) is 0.301. The van der Waals surface area contributed by atoms with Crippen LogP contribution in [0.4, 0.5) is 0 Å². The zero-order valence-electron chi connectivity index (χ0n) is 10.1. The molecular weight excluding hydrogens is 500 g/mol. The highest BCUT2D eigenvalue weighted by Crippen LogP contribution is 2.31. The number of benzene rings is 2. The van der Waals surface area contributed by atoms with Gasteiger partial charge in [-0.15, -0.1) is 0 Å². The van der Waals surface area contributed by atoms with Gasteiger partial charge in [-0.05, 0) is 63.4 Å². The van der Waals surface area contributed by atoms with Crippen LogP contribution in [0.1, 0.15) is 0 Å². The van der Waals surface area contributed by atoms with Crippen molar-refractivity contribution in [1.29, 1.82) is 0 Å². The van der Waals surface area contributed by atoms with E-state index in [1.54, 1.807) is 24.3 Å². The summed E-state index contributed by atoms with van der Waals surface area (Å²) in [5.41, 5.74) is 0.713. The third-order valence-corrected chi connectivity index (χ3v) is 8.20. The molecule has 0 saturated carbocycles. The van der Waals surface area contributed by atoms with Crippen molar-refractivity contribution in [1.82, 2.24) is 3.97 Å². The lowest BCUT2D eigenvalue weighted by Crippen LogP contribution is -2.14.